The summed E-state index contributed by atoms with van der Waals surface area (Å²) >= 11 is -1.43. The lowest BCUT2D eigenvalue weighted by atomic mass is 9.90. The lowest BCUT2D eigenvalue weighted by molar-refractivity contribution is 0.142. The van der Waals surface area contributed by atoms with Gasteiger partial charge >= 0.3 is 0 Å². The van der Waals surface area contributed by atoms with Gasteiger partial charge in [0.25, 0.3) is 6.43 Å². The minimum absolute atomic E-state index is 0.171. The normalized spacial score (nSPS) is 19.7. The molecule has 0 spiro atoms. The molecule has 1 aliphatic rings. The SMILES string of the molecule is CC(F)c1c(Cc2cc(F)cc(C#N)c2)ccc2c1CC(NCC(F)F)C[S+]2[O-]. The third-order valence-corrected chi connectivity index (χ3v) is 6.47. The lowest BCUT2D eigenvalue weighted by Gasteiger charge is -2.30. The van der Waals surface area contributed by atoms with Gasteiger partial charge in [-0.3, -0.25) is 0 Å². The number of alkyl halides is 3. The van der Waals surface area contributed by atoms with Crippen molar-refractivity contribution >= 4 is 11.2 Å². The first kappa shape index (κ1) is 21.6. The monoisotopic (exact) mass is 424 g/mol. The van der Waals surface area contributed by atoms with Crippen molar-refractivity contribution in [3.63, 3.8) is 0 Å². The van der Waals surface area contributed by atoms with E-state index in [-0.39, 0.29) is 24.2 Å². The third kappa shape index (κ3) is 5.10. The second-order valence-corrected chi connectivity index (χ2v) is 8.54. The van der Waals surface area contributed by atoms with E-state index >= 15 is 0 Å². The molecule has 2 aromatic rings. The molecular formula is C21H20F4N2OS. The highest BCUT2D eigenvalue weighted by Crippen LogP contribution is 2.36. The number of benzene rings is 2. The number of nitrogens with one attached hydrogen (secondary N) is 1. The predicted octanol–water partition coefficient (Wildman–Crippen LogP) is 4.21. The van der Waals surface area contributed by atoms with Crippen molar-refractivity contribution in [2.24, 2.45) is 0 Å². The summed E-state index contributed by atoms with van der Waals surface area (Å²) in [6.07, 6.45) is -3.42. The smallest absolute Gasteiger partial charge is 0.250 e. The standard InChI is InChI=1S/C21H20F4N2OS/c1-12(22)21-15(5-13-4-14(9-26)7-16(23)6-13)2-3-19-18(21)8-17(11-29(19)28)27-10-20(24)25/h2-4,6-7,12,17,20,27H,5,8,10-11H2,1H3. The highest BCUT2D eigenvalue weighted by Gasteiger charge is 2.33. The maximum Gasteiger partial charge on any atom is 0.250 e. The lowest BCUT2D eigenvalue weighted by Crippen LogP contribution is -2.43. The molecule has 3 nitrogen and oxygen atoms in total. The van der Waals surface area contributed by atoms with Crippen molar-refractivity contribution in [1.82, 2.24) is 5.32 Å². The molecule has 1 aliphatic heterocycles. The van der Waals surface area contributed by atoms with Gasteiger partial charge in [0.15, 0.2) is 4.90 Å². The van der Waals surface area contributed by atoms with Crippen LogP contribution < -0.4 is 5.32 Å². The zero-order chi connectivity index (χ0) is 21.1. The third-order valence-electron chi connectivity index (χ3n) is 4.89. The van der Waals surface area contributed by atoms with Crippen LogP contribution in [0.5, 0.6) is 0 Å². The Kier molecular flexibility index (Phi) is 6.83. The highest BCUT2D eigenvalue weighted by molar-refractivity contribution is 7.91. The number of hydrogen-bond acceptors (Lipinski definition) is 3. The van der Waals surface area contributed by atoms with E-state index in [1.165, 1.54) is 13.0 Å². The Bertz CT molecular complexity index is 930. The minimum Gasteiger partial charge on any atom is -0.611 e. The molecule has 0 aromatic heterocycles. The molecule has 0 saturated heterocycles. The van der Waals surface area contributed by atoms with E-state index in [1.807, 2.05) is 6.07 Å². The van der Waals surface area contributed by atoms with E-state index in [4.69, 9.17) is 5.26 Å². The largest absolute Gasteiger partial charge is 0.611 e. The average molecular weight is 424 g/mol. The molecule has 154 valence electrons. The highest BCUT2D eigenvalue weighted by atomic mass is 32.2. The van der Waals surface area contributed by atoms with Crippen LogP contribution in [0.4, 0.5) is 17.6 Å². The summed E-state index contributed by atoms with van der Waals surface area (Å²) in [4.78, 5) is 0.514. The molecule has 0 saturated carbocycles. The van der Waals surface area contributed by atoms with E-state index in [0.29, 0.717) is 27.1 Å². The molecule has 3 rings (SSSR count). The summed E-state index contributed by atoms with van der Waals surface area (Å²) in [5.74, 6) is -0.363. The van der Waals surface area contributed by atoms with Crippen LogP contribution in [0, 0.1) is 17.1 Å². The van der Waals surface area contributed by atoms with Crippen LogP contribution in [0.1, 0.15) is 40.9 Å². The van der Waals surface area contributed by atoms with Gasteiger partial charge in [-0.05, 0) is 71.9 Å². The van der Waals surface area contributed by atoms with Crippen LogP contribution in [0.15, 0.2) is 35.2 Å². The van der Waals surface area contributed by atoms with Crippen LogP contribution >= 0.6 is 0 Å². The minimum atomic E-state index is -2.53. The fourth-order valence-corrected chi connectivity index (χ4v) is 5.24. The first-order valence-electron chi connectivity index (χ1n) is 9.16. The summed E-state index contributed by atoms with van der Waals surface area (Å²) in [6, 6.07) is 8.75. The molecule has 2 aromatic carbocycles. The number of halogens is 4. The molecule has 1 heterocycles. The van der Waals surface area contributed by atoms with Gasteiger partial charge < -0.3 is 9.87 Å². The van der Waals surface area contributed by atoms with E-state index < -0.39 is 42.2 Å². The predicted molar refractivity (Wildman–Crippen MR) is 103 cm³/mol. The molecule has 0 fully saturated rings. The summed E-state index contributed by atoms with van der Waals surface area (Å²) in [5.41, 5.74) is 2.21. The number of nitriles is 1. The second kappa shape index (κ2) is 9.16. The van der Waals surface area contributed by atoms with Gasteiger partial charge in [-0.15, -0.1) is 0 Å². The van der Waals surface area contributed by atoms with Crippen molar-refractivity contribution < 1.29 is 22.1 Å². The van der Waals surface area contributed by atoms with Gasteiger partial charge in [0, 0.05) is 5.56 Å². The first-order chi connectivity index (χ1) is 13.8. The number of nitrogens with zero attached hydrogens (tertiary/aromatic N) is 1. The van der Waals surface area contributed by atoms with Crippen LogP contribution in [0.2, 0.25) is 0 Å². The Hall–Kier alpha value is -2.08. The van der Waals surface area contributed by atoms with Crippen LogP contribution in [0.3, 0.4) is 0 Å². The van der Waals surface area contributed by atoms with Crippen molar-refractivity contribution in [3.05, 3.63) is 64.0 Å². The van der Waals surface area contributed by atoms with E-state index in [0.717, 1.165) is 6.07 Å². The molecule has 3 unspecified atom stereocenters. The molecule has 1 N–H and O–H groups in total. The quantitative estimate of drug-likeness (QED) is 0.558. The van der Waals surface area contributed by atoms with Gasteiger partial charge in [-0.2, -0.15) is 5.26 Å². The Labute approximate surface area is 169 Å². The number of fused-ring (bicyclic) bond motifs is 1. The molecule has 0 radical (unpaired) electrons. The van der Waals surface area contributed by atoms with Gasteiger partial charge in [-0.25, -0.2) is 17.6 Å². The van der Waals surface area contributed by atoms with Gasteiger partial charge in [0.05, 0.1) is 24.2 Å². The summed E-state index contributed by atoms with van der Waals surface area (Å²) in [6.45, 7) is 0.849. The second-order valence-electron chi connectivity index (χ2n) is 7.08. The van der Waals surface area contributed by atoms with Gasteiger partial charge in [0.2, 0.25) is 0 Å². The zero-order valence-electron chi connectivity index (χ0n) is 15.7. The summed E-state index contributed by atoms with van der Waals surface area (Å²) < 4.78 is 66.0. The molecule has 0 amide bonds. The van der Waals surface area contributed by atoms with Crippen molar-refractivity contribution in [1.29, 1.82) is 5.26 Å². The number of hydrogen-bond donors (Lipinski definition) is 1. The van der Waals surface area contributed by atoms with Crippen LogP contribution in [-0.4, -0.2) is 29.3 Å². The van der Waals surface area contributed by atoms with Crippen LogP contribution in [0.25, 0.3) is 0 Å². The van der Waals surface area contributed by atoms with E-state index in [9.17, 15) is 22.1 Å². The van der Waals surface area contributed by atoms with Crippen LogP contribution in [-0.2, 0) is 24.0 Å². The molecule has 8 heteroatoms. The van der Waals surface area contributed by atoms with E-state index in [2.05, 4.69) is 5.32 Å². The number of rotatable bonds is 6. The molecule has 3 atom stereocenters. The molecular weight excluding hydrogens is 404 g/mol. The molecule has 0 bridgehead atoms. The summed E-state index contributed by atoms with van der Waals surface area (Å²) in [7, 11) is 0. The Morgan fingerprint density at radius 3 is 2.69 bits per heavy atom. The summed E-state index contributed by atoms with van der Waals surface area (Å²) in [5, 5.41) is 11.7. The average Bonchev–Trinajstić information content (AvgIpc) is 2.65. The van der Waals surface area contributed by atoms with Crippen molar-refractivity contribution in [2.45, 2.75) is 43.3 Å². The Morgan fingerprint density at radius 1 is 1.28 bits per heavy atom. The van der Waals surface area contributed by atoms with Crippen molar-refractivity contribution in [3.8, 4) is 6.07 Å². The molecule has 29 heavy (non-hydrogen) atoms. The molecule has 0 aliphatic carbocycles. The first-order valence-corrected chi connectivity index (χ1v) is 10.5. The van der Waals surface area contributed by atoms with Gasteiger partial charge in [0.1, 0.15) is 17.7 Å². The zero-order valence-corrected chi connectivity index (χ0v) is 16.5. The fourth-order valence-electron chi connectivity index (χ4n) is 3.77. The van der Waals surface area contributed by atoms with Crippen molar-refractivity contribution in [2.75, 3.05) is 12.3 Å². The fraction of sp³-hybridized carbons (Fsp3) is 0.381. The van der Waals surface area contributed by atoms with Gasteiger partial charge in [-0.1, -0.05) is 6.07 Å². The van der Waals surface area contributed by atoms with E-state index in [1.54, 1.807) is 18.2 Å². The maximum atomic E-state index is 14.6. The Balaban J connectivity index is 1.97. The Morgan fingerprint density at radius 2 is 2.03 bits per heavy atom. The maximum absolute atomic E-state index is 14.6. The topological polar surface area (TPSA) is 58.9 Å².